The fourth-order valence-corrected chi connectivity index (χ4v) is 8.00. The van der Waals surface area contributed by atoms with Crippen LogP contribution in [0.2, 0.25) is 0 Å². The second-order valence-electron chi connectivity index (χ2n) is 10.3. The van der Waals surface area contributed by atoms with Crippen molar-refractivity contribution >= 4 is 11.9 Å². The van der Waals surface area contributed by atoms with Crippen LogP contribution in [0.5, 0.6) is 0 Å². The fourth-order valence-electron chi connectivity index (χ4n) is 8.00. The molecule has 0 aromatic heterocycles. The molecular weight excluding hydrogens is 342 g/mol. The van der Waals surface area contributed by atoms with E-state index in [4.69, 9.17) is 4.74 Å². The van der Waals surface area contributed by atoms with Crippen LogP contribution in [0.15, 0.2) is 0 Å². The van der Waals surface area contributed by atoms with Gasteiger partial charge in [0, 0.05) is 37.2 Å². The Morgan fingerprint density at radius 1 is 1.07 bits per heavy atom. The molecule has 0 spiro atoms. The van der Waals surface area contributed by atoms with E-state index in [0.717, 1.165) is 32.2 Å². The SMILES string of the molecule is CC(=O)O[C@H]1CC2N(C)CCC[C@]2(C)C2CC[C@]3(C)C(C(=O)[O-])CCC3C21. The first-order chi connectivity index (χ1) is 12.7. The van der Waals surface area contributed by atoms with Crippen molar-refractivity contribution in [1.29, 1.82) is 0 Å². The number of carbonyl (C=O) groups is 2. The molecular formula is C22H34NO4-. The average molecular weight is 377 g/mol. The number of hydrogen-bond donors (Lipinski definition) is 0. The monoisotopic (exact) mass is 376 g/mol. The molecule has 5 heteroatoms. The number of carboxylic acid groups (broad SMARTS) is 1. The molecule has 3 saturated carbocycles. The summed E-state index contributed by atoms with van der Waals surface area (Å²) in [4.78, 5) is 26.2. The molecule has 3 aliphatic carbocycles. The van der Waals surface area contributed by atoms with Crippen LogP contribution in [-0.2, 0) is 14.3 Å². The van der Waals surface area contributed by atoms with Gasteiger partial charge in [0.1, 0.15) is 6.10 Å². The first kappa shape index (κ1) is 19.2. The van der Waals surface area contributed by atoms with Gasteiger partial charge in [0.15, 0.2) is 0 Å². The van der Waals surface area contributed by atoms with Crippen molar-refractivity contribution in [2.45, 2.75) is 77.9 Å². The molecule has 0 radical (unpaired) electrons. The zero-order valence-corrected chi connectivity index (χ0v) is 17.2. The Kier molecular flexibility index (Phi) is 4.60. The third-order valence-electron chi connectivity index (χ3n) is 9.19. The fraction of sp³-hybridized carbons (Fsp3) is 0.909. The number of hydrogen-bond acceptors (Lipinski definition) is 5. The van der Waals surface area contributed by atoms with Crippen molar-refractivity contribution < 1.29 is 19.4 Å². The van der Waals surface area contributed by atoms with Gasteiger partial charge in [-0.25, -0.2) is 0 Å². The van der Waals surface area contributed by atoms with E-state index >= 15 is 0 Å². The van der Waals surface area contributed by atoms with E-state index in [1.54, 1.807) is 0 Å². The number of carboxylic acids is 1. The lowest BCUT2D eigenvalue weighted by atomic mass is 9.46. The van der Waals surface area contributed by atoms with Gasteiger partial charge in [0.05, 0.1) is 0 Å². The summed E-state index contributed by atoms with van der Waals surface area (Å²) in [6.45, 7) is 7.22. The largest absolute Gasteiger partial charge is 0.550 e. The van der Waals surface area contributed by atoms with Crippen LogP contribution in [-0.4, -0.2) is 42.6 Å². The summed E-state index contributed by atoms with van der Waals surface area (Å²) in [5, 5.41) is 11.8. The van der Waals surface area contributed by atoms with Crippen molar-refractivity contribution in [2.75, 3.05) is 13.6 Å². The predicted octanol–water partition coefficient (Wildman–Crippen LogP) is 2.23. The minimum Gasteiger partial charge on any atom is -0.550 e. The van der Waals surface area contributed by atoms with Crippen molar-refractivity contribution in [3.8, 4) is 0 Å². The van der Waals surface area contributed by atoms with Crippen molar-refractivity contribution in [1.82, 2.24) is 4.90 Å². The van der Waals surface area contributed by atoms with Crippen molar-refractivity contribution in [3.63, 3.8) is 0 Å². The molecule has 152 valence electrons. The van der Waals surface area contributed by atoms with E-state index in [-0.39, 0.29) is 34.7 Å². The summed E-state index contributed by atoms with van der Waals surface area (Å²) in [6, 6.07) is 0.444. The van der Waals surface area contributed by atoms with Crippen LogP contribution in [0.1, 0.15) is 65.7 Å². The molecule has 4 fully saturated rings. The summed E-state index contributed by atoms with van der Waals surface area (Å²) in [5.41, 5.74) is 0.0113. The van der Waals surface area contributed by atoms with Gasteiger partial charge in [-0.15, -0.1) is 0 Å². The van der Waals surface area contributed by atoms with Crippen LogP contribution < -0.4 is 5.11 Å². The minimum absolute atomic E-state index is 0.0868. The zero-order chi connectivity index (χ0) is 19.6. The molecule has 1 saturated heterocycles. The molecule has 27 heavy (non-hydrogen) atoms. The number of ether oxygens (including phenoxy) is 1. The molecule has 5 unspecified atom stereocenters. The van der Waals surface area contributed by atoms with E-state index in [0.29, 0.717) is 24.3 Å². The second kappa shape index (κ2) is 6.47. The number of aliphatic carboxylic acids is 1. The molecule has 1 heterocycles. The molecule has 4 aliphatic rings. The molecule has 0 amide bonds. The molecule has 1 aliphatic heterocycles. The number of likely N-dealkylation sites (tertiary alicyclic amines) is 1. The lowest BCUT2D eigenvalue weighted by Gasteiger charge is -2.63. The zero-order valence-electron chi connectivity index (χ0n) is 17.2. The summed E-state index contributed by atoms with van der Waals surface area (Å²) in [7, 11) is 2.21. The van der Waals surface area contributed by atoms with E-state index in [1.165, 1.54) is 19.8 Å². The van der Waals surface area contributed by atoms with Crippen LogP contribution in [0.25, 0.3) is 0 Å². The van der Waals surface area contributed by atoms with E-state index in [1.807, 2.05) is 0 Å². The highest BCUT2D eigenvalue weighted by Gasteiger charge is 2.63. The predicted molar refractivity (Wildman–Crippen MR) is 99.5 cm³/mol. The molecule has 0 aromatic rings. The topological polar surface area (TPSA) is 69.7 Å². The summed E-state index contributed by atoms with van der Waals surface area (Å²) in [6.07, 6.45) is 6.87. The van der Waals surface area contributed by atoms with Crippen LogP contribution in [0, 0.1) is 34.5 Å². The molecule has 0 N–H and O–H groups in total. The Balaban J connectivity index is 1.73. The lowest BCUT2D eigenvalue weighted by Crippen LogP contribution is -2.64. The Morgan fingerprint density at radius 2 is 1.78 bits per heavy atom. The van der Waals surface area contributed by atoms with Gasteiger partial charge in [0.2, 0.25) is 0 Å². The van der Waals surface area contributed by atoms with Gasteiger partial charge in [-0.1, -0.05) is 13.8 Å². The lowest BCUT2D eigenvalue weighted by molar-refractivity contribution is -0.316. The van der Waals surface area contributed by atoms with Gasteiger partial charge < -0.3 is 19.5 Å². The Bertz CT molecular complexity index is 636. The van der Waals surface area contributed by atoms with Gasteiger partial charge in [-0.05, 0) is 74.8 Å². The van der Waals surface area contributed by atoms with Crippen LogP contribution in [0.3, 0.4) is 0 Å². The molecule has 4 rings (SSSR count). The highest BCUT2D eigenvalue weighted by Crippen LogP contribution is 2.66. The Labute approximate surface area is 162 Å². The first-order valence-electron chi connectivity index (χ1n) is 10.8. The normalized spacial score (nSPS) is 49.6. The maximum Gasteiger partial charge on any atom is 0.302 e. The number of rotatable bonds is 2. The van der Waals surface area contributed by atoms with Crippen molar-refractivity contribution in [3.05, 3.63) is 0 Å². The minimum atomic E-state index is -0.889. The summed E-state index contributed by atoms with van der Waals surface area (Å²) in [5.74, 6) is -0.358. The van der Waals surface area contributed by atoms with Crippen LogP contribution >= 0.6 is 0 Å². The molecule has 0 bridgehead atoms. The van der Waals surface area contributed by atoms with Gasteiger partial charge in [0.25, 0.3) is 0 Å². The third kappa shape index (κ3) is 2.75. The van der Waals surface area contributed by atoms with E-state index in [9.17, 15) is 14.7 Å². The second-order valence-corrected chi connectivity index (χ2v) is 10.3. The summed E-state index contributed by atoms with van der Waals surface area (Å²) < 4.78 is 5.92. The quantitative estimate of drug-likeness (QED) is 0.691. The number of piperidine rings is 1. The van der Waals surface area contributed by atoms with Gasteiger partial charge >= 0.3 is 5.97 Å². The molecule has 5 nitrogen and oxygen atoms in total. The highest BCUT2D eigenvalue weighted by atomic mass is 16.5. The average Bonchev–Trinajstić information content (AvgIpc) is 2.93. The standard InChI is InChI=1S/C22H35NO4/c1-13(24)27-17-12-18-22(3,9-5-11-23(18)4)15-8-10-21(2)14(19(15)17)6-7-16(21)20(25)26/h14-19H,5-12H2,1-4H3,(H,25,26)/p-1/t14?,15?,16?,17-,18?,19?,21-,22+/m0/s1. The highest BCUT2D eigenvalue weighted by molar-refractivity contribution is 5.69. The maximum atomic E-state index is 11.9. The number of fused-ring (bicyclic) bond motifs is 5. The number of esters is 1. The first-order valence-corrected chi connectivity index (χ1v) is 10.8. The number of carbonyl (C=O) groups excluding carboxylic acids is 2. The Hall–Kier alpha value is -1.10. The Morgan fingerprint density at radius 3 is 2.44 bits per heavy atom. The van der Waals surface area contributed by atoms with E-state index in [2.05, 4.69) is 25.8 Å². The smallest absolute Gasteiger partial charge is 0.302 e. The van der Waals surface area contributed by atoms with Crippen LogP contribution in [0.4, 0.5) is 0 Å². The van der Waals surface area contributed by atoms with Gasteiger partial charge in [-0.2, -0.15) is 0 Å². The summed E-state index contributed by atoms with van der Waals surface area (Å²) >= 11 is 0. The molecule has 0 aromatic carbocycles. The van der Waals surface area contributed by atoms with Gasteiger partial charge in [-0.3, -0.25) is 4.79 Å². The maximum absolute atomic E-state index is 11.9. The van der Waals surface area contributed by atoms with E-state index < -0.39 is 5.97 Å². The van der Waals surface area contributed by atoms with Crippen molar-refractivity contribution in [2.24, 2.45) is 34.5 Å². The number of nitrogens with zero attached hydrogens (tertiary/aromatic N) is 1. The molecule has 8 atom stereocenters. The third-order valence-corrected chi connectivity index (χ3v) is 9.19.